The van der Waals surface area contributed by atoms with Crippen molar-refractivity contribution in [2.75, 3.05) is 5.32 Å². The van der Waals surface area contributed by atoms with Crippen LogP contribution in [-0.4, -0.2) is 25.9 Å². The van der Waals surface area contributed by atoms with E-state index in [1.54, 1.807) is 6.20 Å². The van der Waals surface area contributed by atoms with Gasteiger partial charge in [-0.15, -0.1) is 0 Å². The second-order valence-electron chi connectivity index (χ2n) is 5.38. The SMILES string of the molecule is Cc1nn(Cc2ccc(Cl)cc2)c(C)c1NC(=O)c1[nH]ncc1I. The van der Waals surface area contributed by atoms with Crippen molar-refractivity contribution in [2.45, 2.75) is 20.4 Å². The van der Waals surface area contributed by atoms with Gasteiger partial charge < -0.3 is 5.32 Å². The molecular weight excluding hydrogens is 441 g/mol. The molecule has 0 aliphatic carbocycles. The lowest BCUT2D eigenvalue weighted by atomic mass is 10.2. The monoisotopic (exact) mass is 455 g/mol. The Morgan fingerprint density at radius 2 is 2.04 bits per heavy atom. The van der Waals surface area contributed by atoms with Gasteiger partial charge in [-0.05, 0) is 54.1 Å². The van der Waals surface area contributed by atoms with Crippen LogP contribution in [0.2, 0.25) is 5.02 Å². The van der Waals surface area contributed by atoms with Gasteiger partial charge in [-0.2, -0.15) is 10.2 Å². The van der Waals surface area contributed by atoms with E-state index in [1.807, 2.05) is 42.8 Å². The summed E-state index contributed by atoms with van der Waals surface area (Å²) >= 11 is 7.98. The zero-order valence-corrected chi connectivity index (χ0v) is 16.0. The molecule has 124 valence electrons. The highest BCUT2D eigenvalue weighted by Gasteiger charge is 2.18. The van der Waals surface area contributed by atoms with Crippen LogP contribution >= 0.6 is 34.2 Å². The topological polar surface area (TPSA) is 75.6 Å². The Morgan fingerprint density at radius 1 is 1.33 bits per heavy atom. The lowest BCUT2D eigenvalue weighted by Crippen LogP contribution is -2.15. The zero-order valence-electron chi connectivity index (χ0n) is 13.1. The van der Waals surface area contributed by atoms with E-state index in [-0.39, 0.29) is 5.91 Å². The minimum Gasteiger partial charge on any atom is -0.317 e. The molecule has 24 heavy (non-hydrogen) atoms. The summed E-state index contributed by atoms with van der Waals surface area (Å²) in [6.07, 6.45) is 1.61. The van der Waals surface area contributed by atoms with E-state index in [0.29, 0.717) is 17.3 Å². The first kappa shape index (κ1) is 17.0. The maximum Gasteiger partial charge on any atom is 0.274 e. The van der Waals surface area contributed by atoms with Gasteiger partial charge in [-0.1, -0.05) is 23.7 Å². The van der Waals surface area contributed by atoms with Gasteiger partial charge in [0.2, 0.25) is 0 Å². The Morgan fingerprint density at radius 3 is 2.67 bits per heavy atom. The predicted octanol–water partition coefficient (Wildman–Crippen LogP) is 3.78. The summed E-state index contributed by atoms with van der Waals surface area (Å²) < 4.78 is 2.64. The average Bonchev–Trinajstić information content (AvgIpc) is 3.08. The van der Waals surface area contributed by atoms with Gasteiger partial charge in [-0.25, -0.2) is 0 Å². The summed E-state index contributed by atoms with van der Waals surface area (Å²) in [7, 11) is 0. The fourth-order valence-corrected chi connectivity index (χ4v) is 3.03. The third-order valence-electron chi connectivity index (χ3n) is 3.69. The van der Waals surface area contributed by atoms with E-state index >= 15 is 0 Å². The number of halogens is 2. The number of rotatable bonds is 4. The van der Waals surface area contributed by atoms with Gasteiger partial charge >= 0.3 is 0 Å². The highest BCUT2D eigenvalue weighted by Crippen LogP contribution is 2.22. The molecule has 0 atom stereocenters. The molecule has 0 saturated carbocycles. The molecule has 0 aliphatic rings. The molecule has 3 aromatic rings. The molecular formula is C16H15ClIN5O. The second-order valence-corrected chi connectivity index (χ2v) is 6.98. The number of aromatic nitrogens is 4. The summed E-state index contributed by atoms with van der Waals surface area (Å²) in [6.45, 7) is 4.42. The molecule has 1 amide bonds. The highest BCUT2D eigenvalue weighted by molar-refractivity contribution is 14.1. The molecule has 0 bridgehead atoms. The first-order chi connectivity index (χ1) is 11.5. The number of H-pyrrole nitrogens is 1. The molecule has 2 aromatic heterocycles. The van der Waals surface area contributed by atoms with E-state index in [4.69, 9.17) is 11.6 Å². The van der Waals surface area contributed by atoms with Crippen molar-refractivity contribution >= 4 is 45.8 Å². The van der Waals surface area contributed by atoms with E-state index in [1.165, 1.54) is 0 Å². The molecule has 0 radical (unpaired) electrons. The van der Waals surface area contributed by atoms with Gasteiger partial charge in [0.15, 0.2) is 0 Å². The number of hydrogen-bond donors (Lipinski definition) is 2. The van der Waals surface area contributed by atoms with Gasteiger partial charge in [0.25, 0.3) is 5.91 Å². The molecule has 2 heterocycles. The molecule has 3 rings (SSSR count). The minimum absolute atomic E-state index is 0.228. The van der Waals surface area contributed by atoms with E-state index in [0.717, 1.165) is 26.2 Å². The smallest absolute Gasteiger partial charge is 0.274 e. The summed E-state index contributed by atoms with van der Waals surface area (Å²) in [5.74, 6) is -0.228. The number of nitrogens with zero attached hydrogens (tertiary/aromatic N) is 3. The second kappa shape index (κ2) is 6.94. The van der Waals surface area contributed by atoms with Crippen LogP contribution in [0.25, 0.3) is 0 Å². The Balaban J connectivity index is 1.82. The van der Waals surface area contributed by atoms with E-state index in [2.05, 4.69) is 43.2 Å². The van der Waals surface area contributed by atoms with Gasteiger partial charge in [0, 0.05) is 5.02 Å². The minimum atomic E-state index is -0.228. The maximum atomic E-state index is 12.4. The van der Waals surface area contributed by atoms with Crippen LogP contribution in [0.4, 0.5) is 5.69 Å². The lowest BCUT2D eigenvalue weighted by molar-refractivity contribution is 0.102. The van der Waals surface area contributed by atoms with Crippen molar-refractivity contribution in [3.05, 3.63) is 61.7 Å². The van der Waals surface area contributed by atoms with Crippen molar-refractivity contribution < 1.29 is 4.79 Å². The summed E-state index contributed by atoms with van der Waals surface area (Å²) in [5.41, 5.74) is 3.92. The van der Waals surface area contributed by atoms with Gasteiger partial charge in [-0.3, -0.25) is 14.6 Å². The molecule has 0 unspecified atom stereocenters. The Hall–Kier alpha value is -1.87. The first-order valence-corrected chi connectivity index (χ1v) is 8.70. The number of nitrogens with one attached hydrogen (secondary N) is 2. The Kier molecular flexibility index (Phi) is 4.91. The first-order valence-electron chi connectivity index (χ1n) is 7.24. The summed E-state index contributed by atoms with van der Waals surface area (Å²) in [4.78, 5) is 12.4. The largest absolute Gasteiger partial charge is 0.317 e. The number of aromatic amines is 1. The molecule has 0 spiro atoms. The van der Waals surface area contributed by atoms with Crippen molar-refractivity contribution in [3.8, 4) is 0 Å². The van der Waals surface area contributed by atoms with Crippen molar-refractivity contribution in [3.63, 3.8) is 0 Å². The number of aryl methyl sites for hydroxylation is 1. The number of hydrogen-bond acceptors (Lipinski definition) is 3. The van der Waals surface area contributed by atoms with Crippen molar-refractivity contribution in [2.24, 2.45) is 0 Å². The van der Waals surface area contributed by atoms with Crippen LogP contribution in [0, 0.1) is 17.4 Å². The summed E-state index contributed by atoms with van der Waals surface area (Å²) in [6, 6.07) is 7.63. The molecule has 8 heteroatoms. The average molecular weight is 456 g/mol. The van der Waals surface area contributed by atoms with Crippen LogP contribution in [0.1, 0.15) is 27.4 Å². The summed E-state index contributed by atoms with van der Waals surface area (Å²) in [5, 5.41) is 14.7. The number of amides is 1. The maximum absolute atomic E-state index is 12.4. The number of carbonyl (C=O) groups excluding carboxylic acids is 1. The molecule has 1 aromatic carbocycles. The standard InChI is InChI=1S/C16H15ClIN5O/c1-9-14(20-16(24)15-13(18)7-19-21-15)10(2)23(22-9)8-11-3-5-12(17)6-4-11/h3-7H,8H2,1-2H3,(H,19,21)(H,20,24). The van der Waals surface area contributed by atoms with Crippen LogP contribution < -0.4 is 5.32 Å². The van der Waals surface area contributed by atoms with Crippen molar-refractivity contribution in [1.82, 2.24) is 20.0 Å². The number of carbonyl (C=O) groups is 1. The van der Waals surface area contributed by atoms with E-state index in [9.17, 15) is 4.79 Å². The molecule has 0 saturated heterocycles. The fourth-order valence-electron chi connectivity index (χ4n) is 2.40. The third kappa shape index (κ3) is 3.46. The van der Waals surface area contributed by atoms with E-state index < -0.39 is 0 Å². The Labute approximate surface area is 157 Å². The van der Waals surface area contributed by atoms with Crippen molar-refractivity contribution in [1.29, 1.82) is 0 Å². The van der Waals surface area contributed by atoms with Crippen LogP contribution in [0.5, 0.6) is 0 Å². The van der Waals surface area contributed by atoms with Gasteiger partial charge in [0.05, 0.1) is 33.4 Å². The molecule has 0 aliphatic heterocycles. The van der Waals surface area contributed by atoms with Crippen LogP contribution in [0.3, 0.4) is 0 Å². The van der Waals surface area contributed by atoms with Crippen LogP contribution in [-0.2, 0) is 6.54 Å². The normalized spacial score (nSPS) is 10.8. The number of benzene rings is 1. The number of anilines is 1. The third-order valence-corrected chi connectivity index (χ3v) is 4.76. The molecule has 2 N–H and O–H groups in total. The fraction of sp³-hybridized carbons (Fsp3) is 0.188. The zero-order chi connectivity index (χ0) is 17.3. The van der Waals surface area contributed by atoms with Crippen LogP contribution in [0.15, 0.2) is 30.5 Å². The molecule has 6 nitrogen and oxygen atoms in total. The predicted molar refractivity (Wildman–Crippen MR) is 102 cm³/mol. The lowest BCUT2D eigenvalue weighted by Gasteiger charge is -2.07. The van der Waals surface area contributed by atoms with Gasteiger partial charge in [0.1, 0.15) is 5.69 Å². The highest BCUT2D eigenvalue weighted by atomic mass is 127. The quantitative estimate of drug-likeness (QED) is 0.588. The Bertz CT molecular complexity index is 885. The molecule has 0 fully saturated rings.